The highest BCUT2D eigenvalue weighted by atomic mass is 16.5. The molecule has 1 aliphatic heterocycles. The van der Waals surface area contributed by atoms with E-state index in [1.54, 1.807) is 0 Å². The monoisotopic (exact) mass is 412 g/mol. The average Bonchev–Trinajstić information content (AvgIpc) is 3.12. The van der Waals surface area contributed by atoms with E-state index in [0.29, 0.717) is 6.61 Å². The normalized spacial score (nSPS) is 16.9. The Morgan fingerprint density at radius 2 is 1.83 bits per heavy atom. The van der Waals surface area contributed by atoms with Crippen molar-refractivity contribution in [2.75, 3.05) is 19.8 Å². The number of fused-ring (bicyclic) bond motifs is 1. The minimum Gasteiger partial charge on any atom is -0.381 e. The molecule has 0 atom stereocenters. The van der Waals surface area contributed by atoms with Crippen LogP contribution in [0.5, 0.6) is 0 Å². The molecular formula is C26H40N2O2. The molecule has 0 bridgehead atoms. The number of ether oxygens (including phenoxy) is 2. The molecule has 2 heterocycles. The number of benzene rings is 1. The van der Waals surface area contributed by atoms with Crippen LogP contribution in [0.3, 0.4) is 0 Å². The first-order valence-electron chi connectivity index (χ1n) is 11.0. The van der Waals surface area contributed by atoms with Gasteiger partial charge < -0.3 is 9.47 Å². The molecule has 1 N–H and O–H groups in total. The highest BCUT2D eigenvalue weighted by Crippen LogP contribution is 2.41. The van der Waals surface area contributed by atoms with Crippen LogP contribution in [0.25, 0.3) is 6.08 Å². The topological polar surface area (TPSA) is 47.1 Å². The maximum atomic E-state index is 6.02. The Balaban J connectivity index is 0.00000104. The number of hydrogen-bond acceptors (Lipinski definition) is 3. The van der Waals surface area contributed by atoms with E-state index in [1.165, 1.54) is 16.8 Å². The van der Waals surface area contributed by atoms with Crippen LogP contribution in [0.1, 0.15) is 70.5 Å². The largest absolute Gasteiger partial charge is 0.381 e. The molecule has 0 saturated carbocycles. The van der Waals surface area contributed by atoms with E-state index in [2.05, 4.69) is 60.5 Å². The predicted molar refractivity (Wildman–Crippen MR) is 125 cm³/mol. The van der Waals surface area contributed by atoms with Gasteiger partial charge in [0.05, 0.1) is 18.9 Å². The molecule has 1 aromatic heterocycles. The zero-order chi connectivity index (χ0) is 20.7. The van der Waals surface area contributed by atoms with Crippen molar-refractivity contribution in [1.29, 1.82) is 0 Å². The van der Waals surface area contributed by atoms with E-state index in [9.17, 15) is 0 Å². The van der Waals surface area contributed by atoms with Crippen LogP contribution in [0.15, 0.2) is 36.4 Å². The third-order valence-electron chi connectivity index (χ3n) is 5.86. The Bertz CT molecular complexity index is 787. The number of nitrogens with one attached hydrogen (secondary N) is 1. The fourth-order valence-electron chi connectivity index (χ4n) is 4.24. The Hall–Kier alpha value is -1.91. The molecule has 4 heteroatoms. The van der Waals surface area contributed by atoms with E-state index in [4.69, 9.17) is 9.47 Å². The summed E-state index contributed by atoms with van der Waals surface area (Å²) in [6.45, 7) is 11.7. The van der Waals surface area contributed by atoms with Crippen molar-refractivity contribution < 1.29 is 9.47 Å². The van der Waals surface area contributed by atoms with Gasteiger partial charge in [-0.2, -0.15) is 5.10 Å². The molecule has 1 aliphatic carbocycles. The van der Waals surface area contributed by atoms with Crippen molar-refractivity contribution >= 4 is 6.08 Å². The molecule has 1 fully saturated rings. The van der Waals surface area contributed by atoms with Crippen LogP contribution in [0.2, 0.25) is 0 Å². The lowest BCUT2D eigenvalue weighted by Gasteiger charge is -2.37. The summed E-state index contributed by atoms with van der Waals surface area (Å²) in [6.07, 6.45) is 8.83. The Morgan fingerprint density at radius 3 is 2.53 bits per heavy atom. The molecule has 166 valence electrons. The zero-order valence-electron chi connectivity index (χ0n) is 18.5. The number of aromatic amines is 1. The molecule has 1 saturated heterocycles. The fraction of sp³-hybridized carbons (Fsp3) is 0.577. The van der Waals surface area contributed by atoms with Gasteiger partial charge in [0, 0.05) is 24.5 Å². The lowest BCUT2D eigenvalue weighted by atomic mass is 9.71. The first kappa shape index (κ1) is 24.4. The highest BCUT2D eigenvalue weighted by molar-refractivity contribution is 5.55. The summed E-state index contributed by atoms with van der Waals surface area (Å²) in [7, 11) is 0. The van der Waals surface area contributed by atoms with Crippen LogP contribution in [0, 0.1) is 10.8 Å². The minimum absolute atomic E-state index is 0. The third kappa shape index (κ3) is 6.05. The fourth-order valence-corrected chi connectivity index (χ4v) is 4.24. The molecule has 1 spiro atoms. The van der Waals surface area contributed by atoms with Gasteiger partial charge in [-0.25, -0.2) is 0 Å². The van der Waals surface area contributed by atoms with Crippen LogP contribution in [-0.2, 0) is 28.9 Å². The van der Waals surface area contributed by atoms with Gasteiger partial charge in [0.2, 0.25) is 0 Å². The lowest BCUT2D eigenvalue weighted by Crippen LogP contribution is -2.32. The van der Waals surface area contributed by atoms with Gasteiger partial charge in [-0.05, 0) is 48.2 Å². The average molecular weight is 413 g/mol. The van der Waals surface area contributed by atoms with Crippen molar-refractivity contribution in [1.82, 2.24) is 10.2 Å². The number of aromatic nitrogens is 2. The van der Waals surface area contributed by atoms with E-state index in [-0.39, 0.29) is 18.3 Å². The van der Waals surface area contributed by atoms with Gasteiger partial charge in [0.1, 0.15) is 0 Å². The maximum Gasteiger partial charge on any atom is 0.0880 e. The summed E-state index contributed by atoms with van der Waals surface area (Å²) < 4.78 is 11.6. The van der Waals surface area contributed by atoms with Crippen LogP contribution in [0.4, 0.5) is 0 Å². The summed E-state index contributed by atoms with van der Waals surface area (Å²) in [5, 5.41) is 7.88. The van der Waals surface area contributed by atoms with Gasteiger partial charge >= 0.3 is 0 Å². The van der Waals surface area contributed by atoms with Crippen molar-refractivity contribution in [2.45, 2.75) is 67.4 Å². The van der Waals surface area contributed by atoms with Crippen molar-refractivity contribution in [3.05, 3.63) is 58.9 Å². The quantitative estimate of drug-likeness (QED) is 0.612. The first-order chi connectivity index (χ1) is 14.1. The maximum absolute atomic E-state index is 6.02. The molecule has 4 rings (SSSR count). The third-order valence-corrected chi connectivity index (χ3v) is 5.86. The van der Waals surface area contributed by atoms with Crippen LogP contribution >= 0.6 is 0 Å². The molecule has 1 aromatic carbocycles. The summed E-state index contributed by atoms with van der Waals surface area (Å²) in [5.74, 6) is 0. The van der Waals surface area contributed by atoms with Crippen molar-refractivity contribution in [3.63, 3.8) is 0 Å². The minimum atomic E-state index is 0. The molecule has 0 radical (unpaired) electrons. The van der Waals surface area contributed by atoms with E-state index >= 15 is 0 Å². The number of nitrogens with zero attached hydrogens (tertiary/aromatic N) is 1. The number of H-pyrrole nitrogens is 1. The number of hydrogen-bond donors (Lipinski definition) is 1. The van der Waals surface area contributed by atoms with Gasteiger partial charge in [0.15, 0.2) is 0 Å². The van der Waals surface area contributed by atoms with Gasteiger partial charge in [-0.3, -0.25) is 5.10 Å². The SMILES string of the molecule is C.CC.CC(C)(COCc1ccccc1)Cc1[nH]nc2c1CC1(C=C2)CCOCC1. The lowest BCUT2D eigenvalue weighted by molar-refractivity contribution is 0.0367. The van der Waals surface area contributed by atoms with Crippen LogP contribution in [-0.4, -0.2) is 30.0 Å². The summed E-state index contributed by atoms with van der Waals surface area (Å²) in [6, 6.07) is 10.4. The molecule has 30 heavy (non-hydrogen) atoms. The van der Waals surface area contributed by atoms with Gasteiger partial charge in [-0.15, -0.1) is 0 Å². The summed E-state index contributed by atoms with van der Waals surface area (Å²) in [5.41, 5.74) is 5.32. The van der Waals surface area contributed by atoms with Crippen molar-refractivity contribution in [2.24, 2.45) is 10.8 Å². The smallest absolute Gasteiger partial charge is 0.0880 e. The van der Waals surface area contributed by atoms with Gasteiger partial charge in [0.25, 0.3) is 0 Å². The number of allylic oxidation sites excluding steroid dienone is 1. The standard InChI is InChI=1S/C23H30N2O2.C2H6.CH4/c1-22(2,17-27-16-18-6-4-3-5-7-18)15-21-19-14-23(10-12-26-13-11-23)9-8-20(19)24-25-21;1-2;/h3-9H,10-17H2,1-2H3,(H,24,25);1-2H3;1H4. The Labute approximate surface area is 183 Å². The van der Waals surface area contributed by atoms with E-state index in [1.807, 2.05) is 19.9 Å². The van der Waals surface area contributed by atoms with Gasteiger partial charge in [-0.1, -0.05) is 71.5 Å². The van der Waals surface area contributed by atoms with Crippen LogP contribution < -0.4 is 0 Å². The highest BCUT2D eigenvalue weighted by Gasteiger charge is 2.35. The second-order valence-corrected chi connectivity index (χ2v) is 8.87. The Morgan fingerprint density at radius 1 is 1.13 bits per heavy atom. The Kier molecular flexibility index (Phi) is 8.87. The molecular weight excluding hydrogens is 372 g/mol. The second-order valence-electron chi connectivity index (χ2n) is 8.87. The predicted octanol–water partition coefficient (Wildman–Crippen LogP) is 6.22. The molecule has 2 aromatic rings. The first-order valence-corrected chi connectivity index (χ1v) is 11.0. The summed E-state index contributed by atoms with van der Waals surface area (Å²) in [4.78, 5) is 0. The molecule has 2 aliphatic rings. The second kappa shape index (κ2) is 10.9. The number of rotatable bonds is 6. The molecule has 0 unspecified atom stereocenters. The van der Waals surface area contributed by atoms with Crippen molar-refractivity contribution in [3.8, 4) is 0 Å². The molecule has 4 nitrogen and oxygen atoms in total. The zero-order valence-corrected chi connectivity index (χ0v) is 18.5. The summed E-state index contributed by atoms with van der Waals surface area (Å²) >= 11 is 0. The molecule has 0 amide bonds. The van der Waals surface area contributed by atoms with E-state index in [0.717, 1.165) is 51.2 Å². The van der Waals surface area contributed by atoms with E-state index < -0.39 is 0 Å².